The SMILES string of the molecule is Cc1ccc(C(=O)Nc2ccc(NC(=O)CCC(=O)O)cc2)s1. The van der Waals surface area contributed by atoms with Gasteiger partial charge in [0, 0.05) is 22.7 Å². The van der Waals surface area contributed by atoms with Crippen LogP contribution in [0.1, 0.15) is 27.4 Å². The number of carboxylic acids is 1. The average Bonchev–Trinajstić information content (AvgIpc) is 2.94. The number of amides is 2. The minimum Gasteiger partial charge on any atom is -0.481 e. The van der Waals surface area contributed by atoms with E-state index in [9.17, 15) is 14.4 Å². The molecule has 23 heavy (non-hydrogen) atoms. The van der Waals surface area contributed by atoms with Crippen LogP contribution in [0.25, 0.3) is 0 Å². The molecule has 1 heterocycles. The van der Waals surface area contributed by atoms with Crippen LogP contribution in [0.5, 0.6) is 0 Å². The van der Waals surface area contributed by atoms with Gasteiger partial charge >= 0.3 is 5.97 Å². The zero-order valence-corrected chi connectivity index (χ0v) is 13.3. The maximum Gasteiger partial charge on any atom is 0.303 e. The number of carboxylic acid groups (broad SMARTS) is 1. The van der Waals surface area contributed by atoms with Gasteiger partial charge in [0.2, 0.25) is 5.91 Å². The Morgan fingerprint density at radius 2 is 1.57 bits per heavy atom. The van der Waals surface area contributed by atoms with Gasteiger partial charge in [-0.25, -0.2) is 0 Å². The number of carbonyl (C=O) groups is 3. The fourth-order valence-corrected chi connectivity index (χ4v) is 2.59. The lowest BCUT2D eigenvalue weighted by Gasteiger charge is -2.07. The summed E-state index contributed by atoms with van der Waals surface area (Å²) in [6.07, 6.45) is -0.286. The van der Waals surface area contributed by atoms with Crippen molar-refractivity contribution in [3.63, 3.8) is 0 Å². The predicted molar refractivity (Wildman–Crippen MR) is 89.0 cm³/mol. The Morgan fingerprint density at radius 1 is 0.957 bits per heavy atom. The normalized spacial score (nSPS) is 10.1. The Morgan fingerprint density at radius 3 is 2.09 bits per heavy atom. The van der Waals surface area contributed by atoms with E-state index in [0.717, 1.165) is 4.88 Å². The summed E-state index contributed by atoms with van der Waals surface area (Å²) >= 11 is 1.42. The lowest BCUT2D eigenvalue weighted by molar-refractivity contribution is -0.138. The zero-order chi connectivity index (χ0) is 16.8. The highest BCUT2D eigenvalue weighted by Crippen LogP contribution is 2.18. The fraction of sp³-hybridized carbons (Fsp3) is 0.188. The number of benzene rings is 1. The van der Waals surface area contributed by atoms with Crippen molar-refractivity contribution < 1.29 is 19.5 Å². The van der Waals surface area contributed by atoms with Crippen LogP contribution in [0, 0.1) is 6.92 Å². The van der Waals surface area contributed by atoms with Gasteiger partial charge in [0.1, 0.15) is 0 Å². The molecule has 0 aliphatic rings. The van der Waals surface area contributed by atoms with E-state index >= 15 is 0 Å². The molecule has 2 aromatic rings. The molecule has 0 fully saturated rings. The molecule has 0 spiro atoms. The molecule has 2 amide bonds. The first-order valence-electron chi connectivity index (χ1n) is 6.93. The third-order valence-electron chi connectivity index (χ3n) is 2.96. The number of thiophene rings is 1. The highest BCUT2D eigenvalue weighted by molar-refractivity contribution is 7.14. The second-order valence-corrected chi connectivity index (χ2v) is 6.17. The molecule has 0 bridgehead atoms. The largest absolute Gasteiger partial charge is 0.481 e. The summed E-state index contributed by atoms with van der Waals surface area (Å²) in [5.74, 6) is -1.55. The molecular formula is C16H16N2O4S. The Kier molecular flexibility index (Phi) is 5.48. The topological polar surface area (TPSA) is 95.5 Å². The Balaban J connectivity index is 1.90. The van der Waals surface area contributed by atoms with Gasteiger partial charge in [0.05, 0.1) is 11.3 Å². The van der Waals surface area contributed by atoms with Gasteiger partial charge in [-0.2, -0.15) is 0 Å². The number of aliphatic carboxylic acids is 1. The van der Waals surface area contributed by atoms with Crippen LogP contribution >= 0.6 is 11.3 Å². The van der Waals surface area contributed by atoms with E-state index in [1.54, 1.807) is 30.3 Å². The van der Waals surface area contributed by atoms with Crippen LogP contribution in [0.3, 0.4) is 0 Å². The van der Waals surface area contributed by atoms with Gasteiger partial charge in [0.25, 0.3) is 5.91 Å². The zero-order valence-electron chi connectivity index (χ0n) is 12.5. The quantitative estimate of drug-likeness (QED) is 0.757. The Bertz CT molecular complexity index is 722. The highest BCUT2D eigenvalue weighted by Gasteiger charge is 2.09. The molecule has 1 aromatic carbocycles. The van der Waals surface area contributed by atoms with Crippen LogP contribution < -0.4 is 10.6 Å². The number of nitrogens with one attached hydrogen (secondary N) is 2. The van der Waals surface area contributed by atoms with Crippen LogP contribution in [0.2, 0.25) is 0 Å². The lowest BCUT2D eigenvalue weighted by atomic mass is 10.2. The maximum absolute atomic E-state index is 12.0. The summed E-state index contributed by atoms with van der Waals surface area (Å²) in [6.45, 7) is 1.93. The maximum atomic E-state index is 12.0. The molecule has 0 radical (unpaired) electrons. The lowest BCUT2D eigenvalue weighted by Crippen LogP contribution is -2.13. The summed E-state index contributed by atoms with van der Waals surface area (Å²) in [4.78, 5) is 35.6. The van der Waals surface area contributed by atoms with Crippen LogP contribution in [0.4, 0.5) is 11.4 Å². The minimum atomic E-state index is -1.01. The first-order valence-corrected chi connectivity index (χ1v) is 7.75. The Labute approximate surface area is 137 Å². The standard InChI is InChI=1S/C16H16N2O4S/c1-10-2-7-13(23-10)16(22)18-12-5-3-11(4-6-12)17-14(19)8-9-15(20)21/h2-7H,8-9H2,1H3,(H,17,19)(H,18,22)(H,20,21). The molecule has 3 N–H and O–H groups in total. The van der Waals surface area contributed by atoms with E-state index in [-0.39, 0.29) is 24.7 Å². The number of rotatable bonds is 6. The van der Waals surface area contributed by atoms with Gasteiger partial charge in [-0.3, -0.25) is 14.4 Å². The first-order chi connectivity index (χ1) is 10.9. The van der Waals surface area contributed by atoms with E-state index in [1.165, 1.54) is 11.3 Å². The number of anilines is 2. The van der Waals surface area contributed by atoms with E-state index < -0.39 is 5.97 Å². The third kappa shape index (κ3) is 5.23. The van der Waals surface area contributed by atoms with Gasteiger partial charge in [0.15, 0.2) is 0 Å². The van der Waals surface area contributed by atoms with Crippen molar-refractivity contribution in [3.8, 4) is 0 Å². The first kappa shape index (κ1) is 16.7. The third-order valence-corrected chi connectivity index (χ3v) is 3.96. The van der Waals surface area contributed by atoms with Crippen molar-refractivity contribution in [1.82, 2.24) is 0 Å². The van der Waals surface area contributed by atoms with Gasteiger partial charge in [-0.15, -0.1) is 11.3 Å². The summed E-state index contributed by atoms with van der Waals surface area (Å²) in [5, 5.41) is 13.9. The van der Waals surface area contributed by atoms with Crippen LogP contribution in [0.15, 0.2) is 36.4 Å². The van der Waals surface area contributed by atoms with Gasteiger partial charge in [-0.1, -0.05) is 0 Å². The molecule has 0 saturated carbocycles. The predicted octanol–water partition coefficient (Wildman–Crippen LogP) is 3.11. The van der Waals surface area contributed by atoms with Crippen molar-refractivity contribution in [1.29, 1.82) is 0 Å². The molecule has 0 aliphatic carbocycles. The van der Waals surface area contributed by atoms with Crippen molar-refractivity contribution in [3.05, 3.63) is 46.2 Å². The second-order valence-electron chi connectivity index (χ2n) is 4.88. The van der Waals surface area contributed by atoms with E-state index in [1.807, 2.05) is 13.0 Å². The molecule has 120 valence electrons. The molecule has 7 heteroatoms. The fourth-order valence-electron chi connectivity index (χ4n) is 1.83. The molecule has 0 aliphatic heterocycles. The number of hydrogen-bond donors (Lipinski definition) is 3. The van der Waals surface area contributed by atoms with E-state index in [2.05, 4.69) is 10.6 Å². The molecule has 6 nitrogen and oxygen atoms in total. The molecule has 0 unspecified atom stereocenters. The molecule has 0 atom stereocenters. The average molecular weight is 332 g/mol. The van der Waals surface area contributed by atoms with Crippen molar-refractivity contribution in [2.24, 2.45) is 0 Å². The van der Waals surface area contributed by atoms with Gasteiger partial charge < -0.3 is 15.7 Å². The van der Waals surface area contributed by atoms with Crippen molar-refractivity contribution >= 4 is 40.5 Å². The molecule has 1 aromatic heterocycles. The summed E-state index contributed by atoms with van der Waals surface area (Å²) in [5.41, 5.74) is 1.16. The van der Waals surface area contributed by atoms with Crippen LogP contribution in [-0.4, -0.2) is 22.9 Å². The summed E-state index contributed by atoms with van der Waals surface area (Å²) in [6, 6.07) is 10.3. The van der Waals surface area contributed by atoms with E-state index in [4.69, 9.17) is 5.11 Å². The summed E-state index contributed by atoms with van der Waals surface area (Å²) < 4.78 is 0. The smallest absolute Gasteiger partial charge is 0.303 e. The number of aryl methyl sites for hydroxylation is 1. The Hall–Kier alpha value is -2.67. The minimum absolute atomic E-state index is 0.0778. The monoisotopic (exact) mass is 332 g/mol. The number of hydrogen-bond acceptors (Lipinski definition) is 4. The molecule has 0 saturated heterocycles. The van der Waals surface area contributed by atoms with E-state index in [0.29, 0.717) is 16.3 Å². The second kappa shape index (κ2) is 7.55. The van der Waals surface area contributed by atoms with Crippen molar-refractivity contribution in [2.75, 3.05) is 10.6 Å². The molecule has 2 rings (SSSR count). The summed E-state index contributed by atoms with van der Waals surface area (Å²) in [7, 11) is 0. The molecular weight excluding hydrogens is 316 g/mol. The van der Waals surface area contributed by atoms with Gasteiger partial charge in [-0.05, 0) is 43.3 Å². The highest BCUT2D eigenvalue weighted by atomic mass is 32.1. The van der Waals surface area contributed by atoms with Crippen molar-refractivity contribution in [2.45, 2.75) is 19.8 Å². The van der Waals surface area contributed by atoms with Crippen LogP contribution in [-0.2, 0) is 9.59 Å². The number of carbonyl (C=O) groups excluding carboxylic acids is 2.